The van der Waals surface area contributed by atoms with E-state index in [4.69, 9.17) is 14.2 Å². The number of phenolic OH excluding ortho intramolecular Hbond substituents is 1. The lowest BCUT2D eigenvalue weighted by molar-refractivity contribution is 0.00579. The van der Waals surface area contributed by atoms with Gasteiger partial charge in [-0.15, -0.1) is 0 Å². The van der Waals surface area contributed by atoms with E-state index in [1.54, 1.807) is 12.1 Å². The van der Waals surface area contributed by atoms with Crippen LogP contribution in [0, 0.1) is 0 Å². The van der Waals surface area contributed by atoms with Crippen molar-refractivity contribution in [3.63, 3.8) is 0 Å². The van der Waals surface area contributed by atoms with Gasteiger partial charge in [0, 0.05) is 38.1 Å². The number of phenols is 1. The van der Waals surface area contributed by atoms with E-state index in [0.29, 0.717) is 35.7 Å². The molecule has 30 heavy (non-hydrogen) atoms. The molecule has 0 atom stereocenters. The van der Waals surface area contributed by atoms with Crippen LogP contribution in [-0.4, -0.2) is 56.5 Å². The minimum Gasteiger partial charge on any atom is -0.508 e. The summed E-state index contributed by atoms with van der Waals surface area (Å²) in [6, 6.07) is 8.93. The molecule has 2 aliphatic rings. The zero-order valence-corrected chi connectivity index (χ0v) is 17.6. The molecule has 0 bridgehead atoms. The number of hydrogen-bond donors (Lipinski definition) is 1. The molecule has 9 heteroatoms. The molecule has 2 heterocycles. The number of rotatable bonds is 4. The van der Waals surface area contributed by atoms with Crippen LogP contribution < -0.4 is 14.2 Å². The molecular formula is C21H23NO7S. The van der Waals surface area contributed by atoms with Crippen LogP contribution in [0.5, 0.6) is 23.0 Å². The van der Waals surface area contributed by atoms with E-state index >= 15 is 0 Å². The maximum Gasteiger partial charge on any atom is 0.243 e. The maximum absolute atomic E-state index is 13.1. The molecule has 4 rings (SSSR count). The van der Waals surface area contributed by atoms with E-state index in [2.05, 4.69) is 0 Å². The van der Waals surface area contributed by atoms with Crippen LogP contribution in [0.2, 0.25) is 0 Å². The third-order valence-corrected chi connectivity index (χ3v) is 7.60. The Bertz CT molecular complexity index is 1090. The zero-order valence-electron chi connectivity index (χ0n) is 16.8. The number of nitrogens with zero attached hydrogens (tertiary/aromatic N) is 1. The van der Waals surface area contributed by atoms with E-state index in [1.807, 2.05) is 0 Å². The predicted octanol–water partition coefficient (Wildman–Crippen LogP) is 2.60. The number of ketones is 1. The van der Waals surface area contributed by atoms with E-state index in [-0.39, 0.29) is 35.9 Å². The van der Waals surface area contributed by atoms with Gasteiger partial charge in [-0.3, -0.25) is 4.79 Å². The number of hydrogen-bond acceptors (Lipinski definition) is 7. The van der Waals surface area contributed by atoms with E-state index in [9.17, 15) is 18.3 Å². The third-order valence-electron chi connectivity index (χ3n) is 5.70. The highest BCUT2D eigenvalue weighted by molar-refractivity contribution is 7.89. The molecule has 160 valence electrons. The molecule has 2 aliphatic heterocycles. The quantitative estimate of drug-likeness (QED) is 0.791. The highest BCUT2D eigenvalue weighted by atomic mass is 32.2. The Labute approximate surface area is 175 Å². The number of Topliss-reactive ketones (excluding diaryl/α,β-unsaturated/α-hetero) is 1. The summed E-state index contributed by atoms with van der Waals surface area (Å²) in [5, 5.41) is 9.72. The van der Waals surface area contributed by atoms with Crippen molar-refractivity contribution >= 4 is 15.8 Å². The van der Waals surface area contributed by atoms with Crippen LogP contribution in [0.4, 0.5) is 0 Å². The SMILES string of the molecule is COc1ccc(S(=O)(=O)N2CCC3(CC2)CC(=O)c2ccc(O)cc2O3)cc1OC. The van der Waals surface area contributed by atoms with Crippen LogP contribution in [-0.2, 0) is 10.0 Å². The maximum atomic E-state index is 13.1. The van der Waals surface area contributed by atoms with Crippen molar-refractivity contribution in [3.8, 4) is 23.0 Å². The number of carbonyl (C=O) groups is 1. The molecule has 0 aromatic heterocycles. The van der Waals surface area contributed by atoms with E-state index < -0.39 is 15.6 Å². The summed E-state index contributed by atoms with van der Waals surface area (Å²) in [5.74, 6) is 1.09. The number of benzene rings is 2. The first-order valence-corrected chi connectivity index (χ1v) is 11.0. The molecule has 0 saturated carbocycles. The lowest BCUT2D eigenvalue weighted by atomic mass is 9.83. The number of aromatic hydroxyl groups is 1. The normalized spacial score (nSPS) is 18.5. The van der Waals surface area contributed by atoms with Gasteiger partial charge in [-0.2, -0.15) is 4.31 Å². The molecule has 0 aliphatic carbocycles. The second-order valence-corrected chi connectivity index (χ2v) is 9.42. The molecule has 0 amide bonds. The Balaban J connectivity index is 1.54. The molecule has 1 spiro atoms. The highest BCUT2D eigenvalue weighted by Gasteiger charge is 2.45. The molecule has 2 aromatic carbocycles. The average Bonchev–Trinajstić information content (AvgIpc) is 2.73. The first kappa shape index (κ1) is 20.5. The molecule has 0 unspecified atom stereocenters. The molecule has 1 fully saturated rings. The van der Waals surface area contributed by atoms with Crippen molar-refractivity contribution in [1.82, 2.24) is 4.31 Å². The number of piperidine rings is 1. The predicted molar refractivity (Wildman–Crippen MR) is 108 cm³/mol. The van der Waals surface area contributed by atoms with Crippen molar-refractivity contribution in [2.24, 2.45) is 0 Å². The summed E-state index contributed by atoms with van der Waals surface area (Å²) in [7, 11) is -0.802. The van der Waals surface area contributed by atoms with Crippen molar-refractivity contribution in [2.75, 3.05) is 27.3 Å². The van der Waals surface area contributed by atoms with Crippen LogP contribution in [0.25, 0.3) is 0 Å². The van der Waals surface area contributed by atoms with Crippen molar-refractivity contribution < 1.29 is 32.5 Å². The summed E-state index contributed by atoms with van der Waals surface area (Å²) in [5.41, 5.74) is -0.319. The fourth-order valence-corrected chi connectivity index (χ4v) is 5.48. The molecular weight excluding hydrogens is 410 g/mol. The van der Waals surface area contributed by atoms with Crippen molar-refractivity contribution in [2.45, 2.75) is 29.8 Å². The molecule has 2 aromatic rings. The second-order valence-electron chi connectivity index (χ2n) is 7.49. The highest BCUT2D eigenvalue weighted by Crippen LogP contribution is 2.41. The Hall–Kier alpha value is -2.78. The largest absolute Gasteiger partial charge is 0.508 e. The van der Waals surface area contributed by atoms with Crippen LogP contribution >= 0.6 is 0 Å². The molecule has 0 radical (unpaired) electrons. The first-order chi connectivity index (χ1) is 14.3. The number of methoxy groups -OCH3 is 2. The summed E-state index contributed by atoms with van der Waals surface area (Å²) in [6.07, 6.45) is 0.940. The average molecular weight is 433 g/mol. The second kappa shape index (κ2) is 7.48. The summed E-state index contributed by atoms with van der Waals surface area (Å²) < 4.78 is 44.1. The fourth-order valence-electron chi connectivity index (χ4n) is 4.02. The van der Waals surface area contributed by atoms with Gasteiger partial charge >= 0.3 is 0 Å². The van der Waals surface area contributed by atoms with E-state index in [1.165, 1.54) is 42.8 Å². The lowest BCUT2D eigenvalue weighted by Crippen LogP contribution is -2.52. The zero-order chi connectivity index (χ0) is 21.5. The third kappa shape index (κ3) is 3.48. The standard InChI is InChI=1S/C21H23NO7S/c1-27-18-6-4-15(12-20(18)28-2)30(25,26)22-9-7-21(8-10-22)13-17(24)16-5-3-14(23)11-19(16)29-21/h3-6,11-12,23H,7-10,13H2,1-2H3. The van der Waals surface area contributed by atoms with Gasteiger partial charge in [-0.1, -0.05) is 0 Å². The van der Waals surface area contributed by atoms with Crippen molar-refractivity contribution in [1.29, 1.82) is 0 Å². The first-order valence-electron chi connectivity index (χ1n) is 9.55. The lowest BCUT2D eigenvalue weighted by Gasteiger charge is -2.43. The Morgan fingerprint density at radius 1 is 1.03 bits per heavy atom. The monoisotopic (exact) mass is 433 g/mol. The fraction of sp³-hybridized carbons (Fsp3) is 0.381. The minimum absolute atomic E-state index is 0.0204. The topological polar surface area (TPSA) is 102 Å². The number of carbonyl (C=O) groups excluding carboxylic acids is 1. The number of fused-ring (bicyclic) bond motifs is 1. The van der Waals surface area contributed by atoms with Crippen LogP contribution in [0.15, 0.2) is 41.3 Å². The molecule has 1 saturated heterocycles. The Morgan fingerprint density at radius 2 is 1.73 bits per heavy atom. The van der Waals surface area contributed by atoms with Gasteiger partial charge in [0.1, 0.15) is 17.1 Å². The smallest absolute Gasteiger partial charge is 0.243 e. The molecule has 8 nitrogen and oxygen atoms in total. The minimum atomic E-state index is -3.74. The van der Waals surface area contributed by atoms with Gasteiger partial charge in [-0.25, -0.2) is 8.42 Å². The van der Waals surface area contributed by atoms with Crippen LogP contribution in [0.3, 0.4) is 0 Å². The van der Waals surface area contributed by atoms with Gasteiger partial charge in [0.25, 0.3) is 0 Å². The van der Waals surface area contributed by atoms with E-state index in [0.717, 1.165) is 0 Å². The van der Waals surface area contributed by atoms with Gasteiger partial charge in [0.15, 0.2) is 17.3 Å². The van der Waals surface area contributed by atoms with Gasteiger partial charge in [0.2, 0.25) is 10.0 Å². The number of ether oxygens (including phenoxy) is 3. The van der Waals surface area contributed by atoms with Gasteiger partial charge < -0.3 is 19.3 Å². The van der Waals surface area contributed by atoms with Gasteiger partial charge in [-0.05, 0) is 24.3 Å². The van der Waals surface area contributed by atoms with Crippen LogP contribution in [0.1, 0.15) is 29.6 Å². The summed E-state index contributed by atoms with van der Waals surface area (Å²) in [4.78, 5) is 12.7. The Morgan fingerprint density at radius 3 is 2.40 bits per heavy atom. The Kier molecular flexibility index (Phi) is 5.11. The molecule has 1 N–H and O–H groups in total. The van der Waals surface area contributed by atoms with Gasteiger partial charge in [0.05, 0.1) is 31.1 Å². The summed E-state index contributed by atoms with van der Waals surface area (Å²) >= 11 is 0. The summed E-state index contributed by atoms with van der Waals surface area (Å²) in [6.45, 7) is 0.441. The van der Waals surface area contributed by atoms with Crippen molar-refractivity contribution in [3.05, 3.63) is 42.0 Å². The number of sulfonamides is 1.